The molecule has 2 heterocycles. The number of rotatable bonds is 4. The van der Waals surface area contributed by atoms with E-state index in [-0.39, 0.29) is 11.9 Å². The summed E-state index contributed by atoms with van der Waals surface area (Å²) in [5.74, 6) is 0.787. The molecule has 0 radical (unpaired) electrons. The molecule has 0 saturated heterocycles. The van der Waals surface area contributed by atoms with E-state index in [0.717, 1.165) is 22.8 Å². The van der Waals surface area contributed by atoms with Gasteiger partial charge in [0.1, 0.15) is 6.33 Å². The van der Waals surface area contributed by atoms with Crippen molar-refractivity contribution in [2.75, 3.05) is 0 Å². The van der Waals surface area contributed by atoms with E-state index in [1.807, 2.05) is 38.5 Å². The molecule has 0 aliphatic heterocycles. The zero-order valence-corrected chi connectivity index (χ0v) is 14.3. The topological polar surface area (TPSA) is 64.7 Å². The molecule has 124 valence electrons. The fraction of sp³-hybridized carbons (Fsp3) is 0.588. The molecule has 1 N–H and O–H groups in total. The van der Waals surface area contributed by atoms with Gasteiger partial charge in [0.2, 0.25) is 0 Å². The first-order valence-electron chi connectivity index (χ1n) is 8.32. The van der Waals surface area contributed by atoms with Crippen LogP contribution in [0.1, 0.15) is 72.3 Å². The summed E-state index contributed by atoms with van der Waals surface area (Å²) in [5, 5.41) is 11.4. The summed E-state index contributed by atoms with van der Waals surface area (Å²) in [4.78, 5) is 12.6. The fourth-order valence-corrected chi connectivity index (χ4v) is 3.45. The highest BCUT2D eigenvalue weighted by molar-refractivity contribution is 5.95. The van der Waals surface area contributed by atoms with E-state index >= 15 is 0 Å². The highest BCUT2D eigenvalue weighted by Crippen LogP contribution is 2.31. The summed E-state index contributed by atoms with van der Waals surface area (Å²) in [6.45, 7) is 5.94. The third-order valence-corrected chi connectivity index (χ3v) is 5.07. The maximum absolute atomic E-state index is 12.6. The second kappa shape index (κ2) is 6.18. The Balaban J connectivity index is 1.76. The van der Waals surface area contributed by atoms with Crippen LogP contribution in [0.4, 0.5) is 0 Å². The van der Waals surface area contributed by atoms with Crippen molar-refractivity contribution in [1.82, 2.24) is 24.6 Å². The molecule has 2 aromatic rings. The van der Waals surface area contributed by atoms with Crippen LogP contribution in [-0.4, -0.2) is 25.2 Å². The summed E-state index contributed by atoms with van der Waals surface area (Å²) < 4.78 is 4.17. The Kier molecular flexibility index (Phi) is 4.24. The van der Waals surface area contributed by atoms with Gasteiger partial charge in [0.25, 0.3) is 5.91 Å². The van der Waals surface area contributed by atoms with E-state index in [0.29, 0.717) is 6.04 Å². The van der Waals surface area contributed by atoms with Gasteiger partial charge >= 0.3 is 0 Å². The monoisotopic (exact) mass is 315 g/mol. The molecule has 6 heteroatoms. The van der Waals surface area contributed by atoms with Crippen molar-refractivity contribution in [3.63, 3.8) is 0 Å². The zero-order chi connectivity index (χ0) is 16.6. The molecule has 1 saturated carbocycles. The third kappa shape index (κ3) is 2.90. The van der Waals surface area contributed by atoms with E-state index in [1.165, 1.54) is 25.7 Å². The SMILES string of the molecule is Cc1cc(C(=O)NC(C)c2nncn2C2CCCC2)c(C)n1C. The van der Waals surface area contributed by atoms with E-state index in [1.54, 1.807) is 6.33 Å². The predicted octanol–water partition coefficient (Wildman–Crippen LogP) is 2.84. The largest absolute Gasteiger partial charge is 0.351 e. The van der Waals surface area contributed by atoms with Gasteiger partial charge in [-0.25, -0.2) is 0 Å². The first kappa shape index (κ1) is 15.8. The van der Waals surface area contributed by atoms with Crippen molar-refractivity contribution in [2.45, 2.75) is 58.5 Å². The van der Waals surface area contributed by atoms with Crippen LogP contribution in [-0.2, 0) is 7.05 Å². The molecule has 6 nitrogen and oxygen atoms in total. The lowest BCUT2D eigenvalue weighted by Crippen LogP contribution is -2.29. The summed E-state index contributed by atoms with van der Waals surface area (Å²) in [5.41, 5.74) is 2.78. The Morgan fingerprint density at radius 1 is 1.35 bits per heavy atom. The summed E-state index contributed by atoms with van der Waals surface area (Å²) in [6.07, 6.45) is 6.65. The standard InChI is InChI=1S/C17H25N5O/c1-11-9-15(13(3)21(11)4)17(23)19-12(2)16-20-18-10-22(16)14-7-5-6-8-14/h9-10,12,14H,5-8H2,1-4H3,(H,19,23). The lowest BCUT2D eigenvalue weighted by Gasteiger charge is -2.18. The van der Waals surface area contributed by atoms with Gasteiger partial charge in [-0.05, 0) is 39.7 Å². The van der Waals surface area contributed by atoms with Gasteiger partial charge < -0.3 is 14.5 Å². The first-order valence-corrected chi connectivity index (χ1v) is 8.32. The molecule has 1 atom stereocenters. The van der Waals surface area contributed by atoms with E-state index in [9.17, 15) is 4.79 Å². The molecular weight excluding hydrogens is 290 g/mol. The Labute approximate surface area is 136 Å². The Morgan fingerprint density at radius 3 is 2.65 bits per heavy atom. The van der Waals surface area contributed by atoms with E-state index in [4.69, 9.17) is 0 Å². The van der Waals surface area contributed by atoms with Crippen LogP contribution >= 0.6 is 0 Å². The molecule has 3 rings (SSSR count). The molecule has 23 heavy (non-hydrogen) atoms. The van der Waals surface area contributed by atoms with Crippen molar-refractivity contribution < 1.29 is 4.79 Å². The van der Waals surface area contributed by atoms with Crippen molar-refractivity contribution in [3.8, 4) is 0 Å². The van der Waals surface area contributed by atoms with Crippen molar-refractivity contribution in [2.24, 2.45) is 7.05 Å². The Morgan fingerprint density at radius 2 is 2.04 bits per heavy atom. The zero-order valence-electron chi connectivity index (χ0n) is 14.3. The van der Waals surface area contributed by atoms with Gasteiger partial charge in [-0.1, -0.05) is 12.8 Å². The van der Waals surface area contributed by atoms with Crippen molar-refractivity contribution in [3.05, 3.63) is 35.2 Å². The number of nitrogens with zero attached hydrogens (tertiary/aromatic N) is 4. The number of aromatic nitrogens is 4. The van der Waals surface area contributed by atoms with Crippen LogP contribution in [0.5, 0.6) is 0 Å². The molecule has 1 amide bonds. The van der Waals surface area contributed by atoms with Crippen molar-refractivity contribution >= 4 is 5.91 Å². The van der Waals surface area contributed by atoms with Crippen LogP contribution in [0, 0.1) is 13.8 Å². The van der Waals surface area contributed by atoms with Gasteiger partial charge in [0, 0.05) is 24.5 Å². The number of amides is 1. The normalized spacial score (nSPS) is 16.7. The average Bonchev–Trinajstić information content (AvgIpc) is 3.23. The second-order valence-electron chi connectivity index (χ2n) is 6.57. The third-order valence-electron chi connectivity index (χ3n) is 5.07. The quantitative estimate of drug-likeness (QED) is 0.943. The van der Waals surface area contributed by atoms with Crippen molar-refractivity contribution in [1.29, 1.82) is 0 Å². The van der Waals surface area contributed by atoms with Crippen LogP contribution in [0.25, 0.3) is 0 Å². The number of carbonyl (C=O) groups is 1. The number of aryl methyl sites for hydroxylation is 1. The van der Waals surface area contributed by atoms with Gasteiger partial charge in [0.05, 0.1) is 11.6 Å². The van der Waals surface area contributed by atoms with Gasteiger partial charge in [-0.3, -0.25) is 4.79 Å². The highest BCUT2D eigenvalue weighted by Gasteiger charge is 2.24. The van der Waals surface area contributed by atoms with E-state index < -0.39 is 0 Å². The fourth-order valence-electron chi connectivity index (χ4n) is 3.45. The maximum atomic E-state index is 12.6. The first-order chi connectivity index (χ1) is 11.0. The second-order valence-corrected chi connectivity index (χ2v) is 6.57. The van der Waals surface area contributed by atoms with Crippen LogP contribution < -0.4 is 5.32 Å². The summed E-state index contributed by atoms with van der Waals surface area (Å²) in [6, 6.07) is 2.24. The molecule has 1 aliphatic carbocycles. The smallest absolute Gasteiger partial charge is 0.253 e. The van der Waals surface area contributed by atoms with Crippen LogP contribution in [0.15, 0.2) is 12.4 Å². The Hall–Kier alpha value is -2.11. The Bertz CT molecular complexity index is 709. The summed E-state index contributed by atoms with van der Waals surface area (Å²) in [7, 11) is 1.97. The lowest BCUT2D eigenvalue weighted by atomic mass is 10.2. The maximum Gasteiger partial charge on any atom is 0.253 e. The minimum Gasteiger partial charge on any atom is -0.351 e. The van der Waals surface area contributed by atoms with Gasteiger partial charge in [-0.2, -0.15) is 0 Å². The highest BCUT2D eigenvalue weighted by atomic mass is 16.1. The molecule has 1 aliphatic rings. The summed E-state index contributed by atoms with van der Waals surface area (Å²) >= 11 is 0. The van der Waals surface area contributed by atoms with Gasteiger partial charge in [-0.15, -0.1) is 10.2 Å². The molecule has 1 fully saturated rings. The number of hydrogen-bond donors (Lipinski definition) is 1. The average molecular weight is 315 g/mol. The molecule has 0 spiro atoms. The number of carbonyl (C=O) groups excluding carboxylic acids is 1. The number of nitrogens with one attached hydrogen (secondary N) is 1. The molecule has 0 aromatic carbocycles. The minimum atomic E-state index is -0.162. The van der Waals surface area contributed by atoms with E-state index in [2.05, 4.69) is 20.1 Å². The van der Waals surface area contributed by atoms with Gasteiger partial charge in [0.15, 0.2) is 5.82 Å². The van der Waals surface area contributed by atoms with Crippen LogP contribution in [0.3, 0.4) is 0 Å². The molecule has 1 unspecified atom stereocenters. The minimum absolute atomic E-state index is 0.0559. The molecule has 0 bridgehead atoms. The van der Waals surface area contributed by atoms with Crippen LogP contribution in [0.2, 0.25) is 0 Å². The number of hydrogen-bond acceptors (Lipinski definition) is 3. The predicted molar refractivity (Wildman–Crippen MR) is 88.3 cm³/mol. The molecule has 2 aromatic heterocycles. The lowest BCUT2D eigenvalue weighted by molar-refractivity contribution is 0.0936. The molecular formula is C17H25N5O.